The molecule has 2 heterocycles. The zero-order valence-electron chi connectivity index (χ0n) is 19.1. The summed E-state index contributed by atoms with van der Waals surface area (Å²) in [5.74, 6) is 1.54. The van der Waals surface area contributed by atoms with Gasteiger partial charge in [-0.1, -0.05) is 6.07 Å². The molecule has 7 heteroatoms. The van der Waals surface area contributed by atoms with Crippen LogP contribution >= 0.6 is 0 Å². The zero-order chi connectivity index (χ0) is 21.7. The maximum atomic E-state index is 12.8. The van der Waals surface area contributed by atoms with E-state index in [1.807, 2.05) is 57.8 Å². The van der Waals surface area contributed by atoms with E-state index in [0.29, 0.717) is 12.5 Å². The van der Waals surface area contributed by atoms with Crippen LogP contribution < -0.4 is 5.32 Å². The summed E-state index contributed by atoms with van der Waals surface area (Å²) in [6, 6.07) is 6.28. The van der Waals surface area contributed by atoms with Gasteiger partial charge < -0.3 is 19.9 Å². The molecule has 1 aliphatic carbocycles. The summed E-state index contributed by atoms with van der Waals surface area (Å²) in [6.07, 6.45) is 4.13. The van der Waals surface area contributed by atoms with Gasteiger partial charge in [-0.05, 0) is 71.4 Å². The number of aliphatic imine (C=N–C) groups is 1. The molecule has 3 rings (SSSR count). The molecule has 1 aromatic heterocycles. The molecular weight excluding hydrogens is 378 g/mol. The number of rotatable bonds is 5. The third-order valence-electron chi connectivity index (χ3n) is 5.57. The number of guanidine groups is 1. The molecule has 2 fully saturated rings. The lowest BCUT2D eigenvalue weighted by molar-refractivity contribution is 0.00928. The van der Waals surface area contributed by atoms with E-state index in [-0.39, 0.29) is 12.1 Å². The summed E-state index contributed by atoms with van der Waals surface area (Å²) in [7, 11) is 1.82. The Hall–Kier alpha value is -2.31. The van der Waals surface area contributed by atoms with Crippen molar-refractivity contribution in [2.45, 2.75) is 71.6 Å². The number of carbonyl (C=O) groups excluding carboxylic acids is 1. The molecule has 166 valence electrons. The topological polar surface area (TPSA) is 70.1 Å². The smallest absolute Gasteiger partial charge is 0.410 e. The average Bonchev–Trinajstić information content (AvgIpc) is 3.50. The molecule has 1 aliphatic heterocycles. The summed E-state index contributed by atoms with van der Waals surface area (Å²) in [5, 5.41) is 3.43. The Labute approximate surface area is 180 Å². The van der Waals surface area contributed by atoms with Gasteiger partial charge in [-0.3, -0.25) is 9.98 Å². The molecule has 1 amide bonds. The first-order chi connectivity index (χ1) is 14.2. The van der Waals surface area contributed by atoms with Gasteiger partial charge in [0.15, 0.2) is 5.96 Å². The predicted molar refractivity (Wildman–Crippen MR) is 119 cm³/mol. The fraction of sp³-hybridized carbons (Fsp3) is 0.696. The molecule has 7 nitrogen and oxygen atoms in total. The Morgan fingerprint density at radius 2 is 1.97 bits per heavy atom. The molecule has 0 unspecified atom stereocenters. The molecule has 0 spiro atoms. The third kappa shape index (κ3) is 6.61. The van der Waals surface area contributed by atoms with Gasteiger partial charge in [0, 0.05) is 38.4 Å². The number of likely N-dealkylation sites (tertiary alicyclic amines) is 1. The van der Waals surface area contributed by atoms with E-state index in [2.05, 4.69) is 20.2 Å². The second kappa shape index (κ2) is 9.67. The van der Waals surface area contributed by atoms with Crippen molar-refractivity contribution in [2.24, 2.45) is 10.9 Å². The minimum atomic E-state index is -0.463. The van der Waals surface area contributed by atoms with Gasteiger partial charge in [0.2, 0.25) is 0 Å². The highest BCUT2D eigenvalue weighted by Crippen LogP contribution is 2.32. The number of pyridine rings is 1. The number of nitrogens with one attached hydrogen (secondary N) is 1. The van der Waals surface area contributed by atoms with E-state index in [1.165, 1.54) is 12.8 Å². The number of hydrogen-bond donors (Lipinski definition) is 1. The molecular formula is C23H37N5O2. The van der Waals surface area contributed by atoms with Crippen LogP contribution in [0.5, 0.6) is 0 Å². The standard InChI is InChI=1S/C23H37N5O2/c1-17-7-6-8-19(26-17)15-25-21(24-5)27-13-11-20(12-14-27)28(16-18-9-10-18)22(29)30-23(2,3)4/h6-8,18,20H,9-16H2,1-5H3,(H,24,25). The van der Waals surface area contributed by atoms with Crippen molar-refractivity contribution < 1.29 is 9.53 Å². The second-order valence-corrected chi connectivity index (χ2v) is 9.47. The first-order valence-electron chi connectivity index (χ1n) is 11.1. The van der Waals surface area contributed by atoms with Crippen molar-refractivity contribution in [1.29, 1.82) is 0 Å². The minimum Gasteiger partial charge on any atom is -0.444 e. The fourth-order valence-corrected chi connectivity index (χ4v) is 3.86. The lowest BCUT2D eigenvalue weighted by Gasteiger charge is -2.40. The zero-order valence-corrected chi connectivity index (χ0v) is 19.1. The number of carbonyl (C=O) groups is 1. The van der Waals surface area contributed by atoms with Gasteiger partial charge in [-0.15, -0.1) is 0 Å². The number of ether oxygens (including phenoxy) is 1. The maximum Gasteiger partial charge on any atom is 0.410 e. The molecule has 0 bridgehead atoms. The molecule has 0 aromatic carbocycles. The van der Waals surface area contributed by atoms with Crippen molar-refractivity contribution in [3.63, 3.8) is 0 Å². The lowest BCUT2D eigenvalue weighted by atomic mass is 10.0. The van der Waals surface area contributed by atoms with Crippen LogP contribution in [-0.2, 0) is 11.3 Å². The SMILES string of the molecule is CN=C(NCc1cccc(C)n1)N1CCC(N(CC2CC2)C(=O)OC(C)(C)C)CC1. The third-order valence-corrected chi connectivity index (χ3v) is 5.57. The van der Waals surface area contributed by atoms with Crippen molar-refractivity contribution in [1.82, 2.24) is 20.1 Å². The Kier molecular flexibility index (Phi) is 7.21. The van der Waals surface area contributed by atoms with Crippen LogP contribution in [0.4, 0.5) is 4.79 Å². The highest BCUT2D eigenvalue weighted by molar-refractivity contribution is 5.80. The first kappa shape index (κ1) is 22.4. The summed E-state index contributed by atoms with van der Waals surface area (Å²) in [6.45, 7) is 11.0. The lowest BCUT2D eigenvalue weighted by Crippen LogP contribution is -2.52. The maximum absolute atomic E-state index is 12.8. The highest BCUT2D eigenvalue weighted by atomic mass is 16.6. The Balaban J connectivity index is 1.55. The van der Waals surface area contributed by atoms with E-state index in [1.54, 1.807) is 0 Å². The van der Waals surface area contributed by atoms with Gasteiger partial charge in [-0.2, -0.15) is 0 Å². The number of piperidine rings is 1. The van der Waals surface area contributed by atoms with Gasteiger partial charge in [0.25, 0.3) is 0 Å². The number of nitrogens with zero attached hydrogens (tertiary/aromatic N) is 4. The quantitative estimate of drug-likeness (QED) is 0.588. The van der Waals surface area contributed by atoms with Gasteiger partial charge in [0.1, 0.15) is 5.60 Å². The summed E-state index contributed by atoms with van der Waals surface area (Å²) in [4.78, 5) is 26.1. The fourth-order valence-electron chi connectivity index (χ4n) is 3.86. The van der Waals surface area contributed by atoms with E-state index in [0.717, 1.165) is 49.8 Å². The Morgan fingerprint density at radius 3 is 2.53 bits per heavy atom. The van der Waals surface area contributed by atoms with Crippen LogP contribution in [-0.4, -0.2) is 65.2 Å². The largest absolute Gasteiger partial charge is 0.444 e. The normalized spacial score (nSPS) is 18.3. The van der Waals surface area contributed by atoms with Crippen LogP contribution in [0.15, 0.2) is 23.2 Å². The van der Waals surface area contributed by atoms with Gasteiger partial charge >= 0.3 is 6.09 Å². The van der Waals surface area contributed by atoms with E-state index < -0.39 is 5.60 Å². The number of hydrogen-bond acceptors (Lipinski definition) is 4. The second-order valence-electron chi connectivity index (χ2n) is 9.47. The van der Waals surface area contributed by atoms with Crippen molar-refractivity contribution in [3.8, 4) is 0 Å². The molecule has 2 aliphatic rings. The summed E-state index contributed by atoms with van der Waals surface area (Å²) < 4.78 is 5.70. The molecule has 1 saturated carbocycles. The number of aryl methyl sites for hydroxylation is 1. The van der Waals surface area contributed by atoms with Crippen LogP contribution in [0.25, 0.3) is 0 Å². The molecule has 0 radical (unpaired) electrons. The van der Waals surface area contributed by atoms with E-state index >= 15 is 0 Å². The molecule has 0 atom stereocenters. The Morgan fingerprint density at radius 1 is 1.27 bits per heavy atom. The number of aromatic nitrogens is 1. The van der Waals surface area contributed by atoms with Crippen LogP contribution in [0, 0.1) is 12.8 Å². The monoisotopic (exact) mass is 415 g/mol. The first-order valence-corrected chi connectivity index (χ1v) is 11.1. The number of amides is 1. The summed E-state index contributed by atoms with van der Waals surface area (Å²) >= 11 is 0. The minimum absolute atomic E-state index is 0.166. The van der Waals surface area contributed by atoms with Crippen LogP contribution in [0.2, 0.25) is 0 Å². The van der Waals surface area contributed by atoms with Crippen molar-refractivity contribution >= 4 is 12.1 Å². The van der Waals surface area contributed by atoms with Crippen LogP contribution in [0.3, 0.4) is 0 Å². The molecule has 30 heavy (non-hydrogen) atoms. The van der Waals surface area contributed by atoms with Gasteiger partial charge in [-0.25, -0.2) is 4.79 Å². The van der Waals surface area contributed by atoms with E-state index in [9.17, 15) is 4.79 Å². The molecule has 1 aromatic rings. The highest BCUT2D eigenvalue weighted by Gasteiger charge is 2.35. The predicted octanol–water partition coefficient (Wildman–Crippen LogP) is 3.58. The van der Waals surface area contributed by atoms with E-state index in [4.69, 9.17) is 4.74 Å². The average molecular weight is 416 g/mol. The van der Waals surface area contributed by atoms with Gasteiger partial charge in [0.05, 0.1) is 12.2 Å². The Bertz CT molecular complexity index is 746. The van der Waals surface area contributed by atoms with Crippen molar-refractivity contribution in [3.05, 3.63) is 29.6 Å². The molecule has 1 saturated heterocycles. The molecule has 1 N–H and O–H groups in total. The van der Waals surface area contributed by atoms with Crippen LogP contribution in [0.1, 0.15) is 57.8 Å². The van der Waals surface area contributed by atoms with Crippen molar-refractivity contribution in [2.75, 3.05) is 26.7 Å². The summed E-state index contributed by atoms with van der Waals surface area (Å²) in [5.41, 5.74) is 1.56.